The van der Waals surface area contributed by atoms with Crippen LogP contribution in [0.25, 0.3) is 16.8 Å². The van der Waals surface area contributed by atoms with E-state index in [0.29, 0.717) is 22.7 Å². The van der Waals surface area contributed by atoms with Gasteiger partial charge in [-0.25, -0.2) is 4.79 Å². The van der Waals surface area contributed by atoms with Gasteiger partial charge in [-0.2, -0.15) is 5.26 Å². The predicted octanol–water partition coefficient (Wildman–Crippen LogP) is 6.42. The topological polar surface area (TPSA) is 79.2 Å². The molecular weight excluding hydrogens is 460 g/mol. The number of methoxy groups -OCH3 is 1. The van der Waals surface area contributed by atoms with Gasteiger partial charge in [-0.05, 0) is 70.3 Å². The minimum absolute atomic E-state index is 0.0428. The van der Waals surface area contributed by atoms with Crippen molar-refractivity contribution >= 4 is 46.0 Å². The Bertz CT molecular complexity index is 1480. The van der Waals surface area contributed by atoms with Gasteiger partial charge in [0.1, 0.15) is 11.6 Å². The van der Waals surface area contributed by atoms with E-state index in [0.717, 1.165) is 27.5 Å². The summed E-state index contributed by atoms with van der Waals surface area (Å²) in [7, 11) is 1.30. The van der Waals surface area contributed by atoms with Crippen LogP contribution in [0.5, 0.6) is 0 Å². The standard InChI is InChI=1S/C29H21ClN2O3/c1-35-29(34)20-12-14-24(15-13-20)32-28(33)23(18-31)17-26-21(16-22-7-3-5-9-27(22)30)11-10-19-6-2-4-8-25(19)26/h2-15,17H,16H2,1H3,(H,32,33)/b23-17+. The summed E-state index contributed by atoms with van der Waals surface area (Å²) in [6.07, 6.45) is 2.17. The number of nitriles is 1. The van der Waals surface area contributed by atoms with Gasteiger partial charge in [-0.3, -0.25) is 4.79 Å². The molecule has 4 aromatic rings. The van der Waals surface area contributed by atoms with Gasteiger partial charge < -0.3 is 10.1 Å². The zero-order valence-electron chi connectivity index (χ0n) is 18.9. The van der Waals surface area contributed by atoms with Crippen LogP contribution in [-0.4, -0.2) is 19.0 Å². The largest absolute Gasteiger partial charge is 0.465 e. The molecule has 0 saturated heterocycles. The summed E-state index contributed by atoms with van der Waals surface area (Å²) in [5.74, 6) is -1.02. The lowest BCUT2D eigenvalue weighted by atomic mass is 9.93. The highest BCUT2D eigenvalue weighted by Crippen LogP contribution is 2.29. The number of nitrogens with zero attached hydrogens (tertiary/aromatic N) is 1. The third-order valence-corrected chi connectivity index (χ3v) is 5.99. The van der Waals surface area contributed by atoms with E-state index >= 15 is 0 Å². The first-order valence-corrected chi connectivity index (χ1v) is 11.2. The molecule has 0 fully saturated rings. The van der Waals surface area contributed by atoms with Crippen LogP contribution in [-0.2, 0) is 16.0 Å². The lowest BCUT2D eigenvalue weighted by molar-refractivity contribution is -0.112. The van der Waals surface area contributed by atoms with E-state index in [1.807, 2.05) is 66.7 Å². The fourth-order valence-corrected chi connectivity index (χ4v) is 4.01. The first-order chi connectivity index (χ1) is 17.0. The number of benzene rings is 4. The third kappa shape index (κ3) is 5.40. The van der Waals surface area contributed by atoms with Crippen LogP contribution >= 0.6 is 11.6 Å². The van der Waals surface area contributed by atoms with Gasteiger partial charge in [0, 0.05) is 10.7 Å². The summed E-state index contributed by atoms with van der Waals surface area (Å²) < 4.78 is 4.69. The molecule has 0 heterocycles. The number of anilines is 1. The molecule has 4 rings (SSSR count). The van der Waals surface area contributed by atoms with Gasteiger partial charge in [0.05, 0.1) is 12.7 Å². The highest BCUT2D eigenvalue weighted by molar-refractivity contribution is 6.31. The summed E-state index contributed by atoms with van der Waals surface area (Å²) in [5.41, 5.74) is 3.46. The van der Waals surface area contributed by atoms with Crippen LogP contribution in [0.3, 0.4) is 0 Å². The Labute approximate surface area is 208 Å². The molecule has 0 saturated carbocycles. The average Bonchev–Trinajstić information content (AvgIpc) is 2.89. The molecule has 4 aromatic carbocycles. The second-order valence-electron chi connectivity index (χ2n) is 7.82. The Morgan fingerprint density at radius 1 is 0.943 bits per heavy atom. The van der Waals surface area contributed by atoms with E-state index in [2.05, 4.69) is 10.1 Å². The Morgan fingerprint density at radius 3 is 2.37 bits per heavy atom. The number of carbonyl (C=O) groups is 2. The van der Waals surface area contributed by atoms with E-state index in [1.165, 1.54) is 7.11 Å². The molecule has 5 nitrogen and oxygen atoms in total. The van der Waals surface area contributed by atoms with Gasteiger partial charge in [-0.1, -0.05) is 66.2 Å². The van der Waals surface area contributed by atoms with Crippen molar-refractivity contribution in [2.24, 2.45) is 0 Å². The van der Waals surface area contributed by atoms with Crippen LogP contribution < -0.4 is 5.32 Å². The lowest BCUT2D eigenvalue weighted by Gasteiger charge is -2.12. The smallest absolute Gasteiger partial charge is 0.337 e. The van der Waals surface area contributed by atoms with E-state index in [9.17, 15) is 14.9 Å². The molecule has 0 aliphatic heterocycles. The normalized spacial score (nSPS) is 11.1. The predicted molar refractivity (Wildman–Crippen MR) is 138 cm³/mol. The van der Waals surface area contributed by atoms with Crippen molar-refractivity contribution in [1.29, 1.82) is 5.26 Å². The zero-order chi connectivity index (χ0) is 24.8. The fraction of sp³-hybridized carbons (Fsp3) is 0.0690. The van der Waals surface area contributed by atoms with Gasteiger partial charge in [-0.15, -0.1) is 0 Å². The summed E-state index contributed by atoms with van der Waals surface area (Å²) >= 11 is 6.40. The number of hydrogen-bond donors (Lipinski definition) is 1. The van der Waals surface area contributed by atoms with Crippen molar-refractivity contribution in [2.75, 3.05) is 12.4 Å². The molecule has 172 valence electrons. The SMILES string of the molecule is COC(=O)c1ccc(NC(=O)/C(C#N)=C/c2c(Cc3ccccc3Cl)ccc3ccccc23)cc1. The maximum atomic E-state index is 13.0. The molecule has 0 radical (unpaired) electrons. The zero-order valence-corrected chi connectivity index (χ0v) is 19.7. The summed E-state index contributed by atoms with van der Waals surface area (Å²) in [6, 6.07) is 27.7. The molecule has 0 bridgehead atoms. The Kier molecular flexibility index (Phi) is 7.25. The number of amides is 1. The molecule has 6 heteroatoms. The maximum Gasteiger partial charge on any atom is 0.337 e. The minimum atomic E-state index is -0.546. The number of esters is 1. The molecule has 1 amide bonds. The molecule has 0 aliphatic rings. The Balaban J connectivity index is 1.71. The number of halogens is 1. The molecule has 0 unspecified atom stereocenters. The Morgan fingerprint density at radius 2 is 1.66 bits per heavy atom. The van der Waals surface area contributed by atoms with Gasteiger partial charge in [0.25, 0.3) is 5.91 Å². The number of hydrogen-bond acceptors (Lipinski definition) is 4. The van der Waals surface area contributed by atoms with E-state index in [4.69, 9.17) is 11.6 Å². The number of carbonyl (C=O) groups excluding carboxylic acids is 2. The van der Waals surface area contributed by atoms with Crippen LogP contribution in [0.2, 0.25) is 5.02 Å². The quantitative estimate of drug-likeness (QED) is 0.196. The molecule has 0 aromatic heterocycles. The highest BCUT2D eigenvalue weighted by Gasteiger charge is 2.14. The maximum absolute atomic E-state index is 13.0. The first-order valence-electron chi connectivity index (χ1n) is 10.9. The number of nitrogens with one attached hydrogen (secondary N) is 1. The number of fused-ring (bicyclic) bond motifs is 1. The second kappa shape index (κ2) is 10.7. The van der Waals surface area contributed by atoms with Gasteiger partial charge >= 0.3 is 5.97 Å². The average molecular weight is 481 g/mol. The van der Waals surface area contributed by atoms with E-state index < -0.39 is 11.9 Å². The number of ether oxygens (including phenoxy) is 1. The van der Waals surface area contributed by atoms with Crippen molar-refractivity contribution in [3.8, 4) is 6.07 Å². The van der Waals surface area contributed by atoms with Crippen molar-refractivity contribution < 1.29 is 14.3 Å². The third-order valence-electron chi connectivity index (χ3n) is 5.62. The lowest BCUT2D eigenvalue weighted by Crippen LogP contribution is -2.14. The van der Waals surface area contributed by atoms with Crippen LogP contribution in [0, 0.1) is 11.3 Å². The molecule has 0 aliphatic carbocycles. The Hall–Kier alpha value is -4.40. The summed E-state index contributed by atoms with van der Waals surface area (Å²) in [4.78, 5) is 24.6. The first kappa shape index (κ1) is 23.7. The van der Waals surface area contributed by atoms with Crippen molar-refractivity contribution in [3.63, 3.8) is 0 Å². The van der Waals surface area contributed by atoms with Crippen molar-refractivity contribution in [1.82, 2.24) is 0 Å². The van der Waals surface area contributed by atoms with Crippen LogP contribution in [0.4, 0.5) is 5.69 Å². The monoisotopic (exact) mass is 480 g/mol. The summed E-state index contributed by atoms with van der Waals surface area (Å²) in [5, 5.41) is 15.1. The minimum Gasteiger partial charge on any atom is -0.465 e. The van der Waals surface area contributed by atoms with Crippen LogP contribution in [0.1, 0.15) is 27.0 Å². The molecule has 1 N–H and O–H groups in total. The fourth-order valence-electron chi connectivity index (χ4n) is 3.81. The van der Waals surface area contributed by atoms with Crippen LogP contribution in [0.15, 0.2) is 90.5 Å². The van der Waals surface area contributed by atoms with Crippen molar-refractivity contribution in [2.45, 2.75) is 6.42 Å². The van der Waals surface area contributed by atoms with E-state index in [1.54, 1.807) is 30.3 Å². The molecule has 0 spiro atoms. The van der Waals surface area contributed by atoms with Crippen molar-refractivity contribution in [3.05, 3.63) is 118 Å². The van der Waals surface area contributed by atoms with Gasteiger partial charge in [0.2, 0.25) is 0 Å². The molecular formula is C29H21ClN2O3. The summed E-state index contributed by atoms with van der Waals surface area (Å²) in [6.45, 7) is 0. The molecule has 35 heavy (non-hydrogen) atoms. The second-order valence-corrected chi connectivity index (χ2v) is 8.23. The number of rotatable bonds is 6. The highest BCUT2D eigenvalue weighted by atomic mass is 35.5. The van der Waals surface area contributed by atoms with Gasteiger partial charge in [0.15, 0.2) is 0 Å². The molecule has 0 atom stereocenters. The van der Waals surface area contributed by atoms with E-state index in [-0.39, 0.29) is 5.57 Å².